The van der Waals surface area contributed by atoms with Crippen LogP contribution in [0.15, 0.2) is 12.2 Å². The molecule has 6 nitrogen and oxygen atoms in total. The number of ether oxygens (including phenoxy) is 1. The highest BCUT2D eigenvalue weighted by atomic mass is 16.5. The molecule has 1 fully saturated rings. The third-order valence-corrected chi connectivity index (χ3v) is 3.79. The number of hydrogen-bond acceptors (Lipinski definition) is 4. The van der Waals surface area contributed by atoms with Gasteiger partial charge in [0.1, 0.15) is 5.92 Å². The summed E-state index contributed by atoms with van der Waals surface area (Å²) in [5, 5.41) is 12.3. The van der Waals surface area contributed by atoms with Crippen LogP contribution < -0.4 is 5.32 Å². The zero-order valence-corrected chi connectivity index (χ0v) is 11.2. The maximum absolute atomic E-state index is 12.5. The van der Waals surface area contributed by atoms with Crippen molar-refractivity contribution in [2.45, 2.75) is 19.1 Å². The van der Waals surface area contributed by atoms with Crippen LogP contribution in [0.1, 0.15) is 6.92 Å². The molecule has 2 aliphatic rings. The summed E-state index contributed by atoms with van der Waals surface area (Å²) in [5.74, 6) is -2.43. The predicted molar refractivity (Wildman–Crippen MR) is 68.6 cm³/mol. The standard InChI is InChI=1S/C13H20N2O4/c1-3-15(7-6-14-2)12(16)10-8-4-5-9(19-8)11(10)13(17)18/h4-5,8-11,14H,3,6-7H2,1-2H3,(H,17,18)/t8-,9+,10?,11?/m0/s1. The summed E-state index contributed by atoms with van der Waals surface area (Å²) in [6.07, 6.45) is 2.71. The molecule has 19 heavy (non-hydrogen) atoms. The van der Waals surface area contributed by atoms with Crippen LogP contribution in [-0.4, -0.2) is 60.8 Å². The number of nitrogens with zero attached hydrogens (tertiary/aromatic N) is 1. The van der Waals surface area contributed by atoms with Crippen LogP contribution in [0.3, 0.4) is 0 Å². The Morgan fingerprint density at radius 1 is 1.32 bits per heavy atom. The molecule has 2 unspecified atom stereocenters. The number of hydrogen-bond donors (Lipinski definition) is 2. The molecule has 106 valence electrons. The highest BCUT2D eigenvalue weighted by molar-refractivity contribution is 5.87. The van der Waals surface area contributed by atoms with Crippen molar-refractivity contribution in [1.82, 2.24) is 10.2 Å². The predicted octanol–water partition coefficient (Wildman–Crippen LogP) is -0.291. The molecule has 0 aromatic carbocycles. The first-order valence-electron chi connectivity index (χ1n) is 6.60. The first kappa shape index (κ1) is 14.0. The molecule has 0 aromatic rings. The molecule has 2 heterocycles. The molecule has 6 heteroatoms. The minimum Gasteiger partial charge on any atom is -0.481 e. The van der Waals surface area contributed by atoms with Crippen molar-refractivity contribution in [3.8, 4) is 0 Å². The molecule has 0 radical (unpaired) electrons. The molecular weight excluding hydrogens is 248 g/mol. The van der Waals surface area contributed by atoms with Gasteiger partial charge in [-0.3, -0.25) is 9.59 Å². The van der Waals surface area contributed by atoms with Gasteiger partial charge >= 0.3 is 5.97 Å². The van der Waals surface area contributed by atoms with E-state index in [9.17, 15) is 14.7 Å². The van der Waals surface area contributed by atoms with E-state index in [-0.39, 0.29) is 12.0 Å². The van der Waals surface area contributed by atoms with Crippen LogP contribution in [0.5, 0.6) is 0 Å². The summed E-state index contributed by atoms with van der Waals surface area (Å²) >= 11 is 0. The van der Waals surface area contributed by atoms with E-state index in [1.165, 1.54) is 0 Å². The topological polar surface area (TPSA) is 78.9 Å². The lowest BCUT2D eigenvalue weighted by atomic mass is 9.82. The van der Waals surface area contributed by atoms with E-state index in [0.29, 0.717) is 19.6 Å². The minimum atomic E-state index is -0.958. The van der Waals surface area contributed by atoms with Crippen LogP contribution in [0.25, 0.3) is 0 Å². The van der Waals surface area contributed by atoms with Gasteiger partial charge in [0.05, 0.1) is 18.1 Å². The summed E-state index contributed by atoms with van der Waals surface area (Å²) in [6, 6.07) is 0. The van der Waals surface area contributed by atoms with E-state index in [4.69, 9.17) is 4.74 Å². The summed E-state index contributed by atoms with van der Waals surface area (Å²) in [4.78, 5) is 25.5. The Bertz CT molecular complexity index is 396. The molecule has 0 aromatic heterocycles. The molecule has 2 bridgehead atoms. The lowest BCUT2D eigenvalue weighted by Crippen LogP contribution is -2.46. The van der Waals surface area contributed by atoms with Gasteiger partial charge in [-0.25, -0.2) is 0 Å². The number of fused-ring (bicyclic) bond motifs is 2. The highest BCUT2D eigenvalue weighted by Crippen LogP contribution is 2.40. The second kappa shape index (κ2) is 5.71. The Labute approximate surface area is 112 Å². The Hall–Kier alpha value is -1.40. The quantitative estimate of drug-likeness (QED) is 0.647. The van der Waals surface area contributed by atoms with E-state index < -0.39 is 23.9 Å². The number of amides is 1. The number of carbonyl (C=O) groups is 2. The monoisotopic (exact) mass is 268 g/mol. The van der Waals surface area contributed by atoms with Crippen molar-refractivity contribution in [2.75, 3.05) is 26.7 Å². The lowest BCUT2D eigenvalue weighted by molar-refractivity contribution is -0.149. The maximum Gasteiger partial charge on any atom is 0.310 e. The van der Waals surface area contributed by atoms with Crippen molar-refractivity contribution in [1.29, 1.82) is 0 Å². The van der Waals surface area contributed by atoms with Gasteiger partial charge in [-0.15, -0.1) is 0 Å². The van der Waals surface area contributed by atoms with Gasteiger partial charge in [0.25, 0.3) is 0 Å². The molecule has 4 atom stereocenters. The van der Waals surface area contributed by atoms with Crippen LogP contribution in [0.2, 0.25) is 0 Å². The summed E-state index contributed by atoms with van der Waals surface area (Å²) < 4.78 is 5.52. The van der Waals surface area contributed by atoms with E-state index in [0.717, 1.165) is 0 Å². The van der Waals surface area contributed by atoms with Crippen molar-refractivity contribution in [3.63, 3.8) is 0 Å². The highest BCUT2D eigenvalue weighted by Gasteiger charge is 2.53. The molecule has 0 saturated carbocycles. The number of likely N-dealkylation sites (N-methyl/N-ethyl adjacent to an activating group) is 2. The van der Waals surface area contributed by atoms with Crippen molar-refractivity contribution >= 4 is 11.9 Å². The summed E-state index contributed by atoms with van der Waals surface area (Å²) in [6.45, 7) is 3.74. The first-order valence-corrected chi connectivity index (χ1v) is 6.60. The van der Waals surface area contributed by atoms with Gasteiger partial charge in [0.2, 0.25) is 5.91 Å². The molecule has 2 rings (SSSR count). The van der Waals surface area contributed by atoms with Crippen molar-refractivity contribution in [3.05, 3.63) is 12.2 Å². The fraction of sp³-hybridized carbons (Fsp3) is 0.692. The Kier molecular flexibility index (Phi) is 4.21. The fourth-order valence-electron chi connectivity index (χ4n) is 2.78. The second-order valence-electron chi connectivity index (χ2n) is 4.86. The van der Waals surface area contributed by atoms with Crippen molar-refractivity contribution < 1.29 is 19.4 Å². The third-order valence-electron chi connectivity index (χ3n) is 3.79. The van der Waals surface area contributed by atoms with E-state index >= 15 is 0 Å². The molecule has 2 aliphatic heterocycles. The molecule has 1 saturated heterocycles. The van der Waals surface area contributed by atoms with Crippen LogP contribution >= 0.6 is 0 Å². The fourth-order valence-corrected chi connectivity index (χ4v) is 2.78. The van der Waals surface area contributed by atoms with E-state index in [1.54, 1.807) is 17.1 Å². The van der Waals surface area contributed by atoms with Gasteiger partial charge in [0.15, 0.2) is 0 Å². The Morgan fingerprint density at radius 2 is 1.95 bits per heavy atom. The number of carbonyl (C=O) groups excluding carboxylic acids is 1. The van der Waals surface area contributed by atoms with Crippen LogP contribution in [-0.2, 0) is 14.3 Å². The van der Waals surface area contributed by atoms with E-state index in [1.807, 2.05) is 14.0 Å². The second-order valence-corrected chi connectivity index (χ2v) is 4.86. The minimum absolute atomic E-state index is 0.123. The normalized spacial score (nSPS) is 31.7. The van der Waals surface area contributed by atoms with Gasteiger partial charge in [-0.2, -0.15) is 0 Å². The van der Waals surface area contributed by atoms with Crippen LogP contribution in [0, 0.1) is 11.8 Å². The van der Waals surface area contributed by atoms with Crippen molar-refractivity contribution in [2.24, 2.45) is 11.8 Å². The zero-order valence-electron chi connectivity index (χ0n) is 11.2. The largest absolute Gasteiger partial charge is 0.481 e. The molecule has 0 spiro atoms. The van der Waals surface area contributed by atoms with Crippen LogP contribution in [0.4, 0.5) is 0 Å². The average Bonchev–Trinajstić information content (AvgIpc) is 2.99. The third kappa shape index (κ3) is 2.50. The number of rotatable bonds is 6. The molecular formula is C13H20N2O4. The molecule has 1 amide bonds. The number of carboxylic acid groups (broad SMARTS) is 1. The number of carboxylic acids is 1. The number of aliphatic carboxylic acids is 1. The van der Waals surface area contributed by atoms with Gasteiger partial charge in [-0.05, 0) is 14.0 Å². The van der Waals surface area contributed by atoms with Gasteiger partial charge in [-0.1, -0.05) is 12.2 Å². The number of nitrogens with one attached hydrogen (secondary N) is 1. The Morgan fingerprint density at radius 3 is 2.47 bits per heavy atom. The summed E-state index contributed by atoms with van der Waals surface area (Å²) in [7, 11) is 1.82. The zero-order chi connectivity index (χ0) is 14.0. The molecule has 0 aliphatic carbocycles. The smallest absolute Gasteiger partial charge is 0.310 e. The lowest BCUT2D eigenvalue weighted by Gasteiger charge is -2.28. The SMILES string of the molecule is CCN(CCNC)C(=O)C1C(C(=O)O)[C@H]2C=C[C@@H]1O2. The first-order chi connectivity index (χ1) is 9.10. The van der Waals surface area contributed by atoms with E-state index in [2.05, 4.69) is 5.32 Å². The van der Waals surface area contributed by atoms with Gasteiger partial charge in [0, 0.05) is 19.6 Å². The molecule has 2 N–H and O–H groups in total. The maximum atomic E-state index is 12.5. The summed E-state index contributed by atoms with van der Waals surface area (Å²) in [5.41, 5.74) is 0. The average molecular weight is 268 g/mol. The Balaban J connectivity index is 2.12. The van der Waals surface area contributed by atoms with Gasteiger partial charge < -0.3 is 20.1 Å².